The summed E-state index contributed by atoms with van der Waals surface area (Å²) in [5.41, 5.74) is 1.06. The number of amides is 1. The molecule has 2 aromatic carbocycles. The lowest BCUT2D eigenvalue weighted by Gasteiger charge is -2.42. The average Bonchev–Trinajstić information content (AvgIpc) is 3.74. The first kappa shape index (κ1) is 44.9. The fourth-order valence-electron chi connectivity index (χ4n) is 9.50. The number of hydrogen-bond donors (Lipinski definition) is 1. The van der Waals surface area contributed by atoms with Crippen molar-refractivity contribution in [2.45, 2.75) is 120 Å². The second-order valence-electron chi connectivity index (χ2n) is 16.9. The van der Waals surface area contributed by atoms with Crippen LogP contribution < -0.4 is 14.8 Å². The van der Waals surface area contributed by atoms with Crippen molar-refractivity contribution in [2.75, 3.05) is 66.0 Å². The highest BCUT2D eigenvalue weighted by molar-refractivity contribution is 5.79. The summed E-state index contributed by atoms with van der Waals surface area (Å²) < 4.78 is 63.9. The van der Waals surface area contributed by atoms with Crippen LogP contribution in [0, 0.1) is 25.2 Å². The van der Waals surface area contributed by atoms with E-state index in [1.54, 1.807) is 0 Å². The maximum atomic E-state index is 13.8. The predicted molar refractivity (Wildman–Crippen MR) is 226 cm³/mol. The molecule has 2 bridgehead atoms. The summed E-state index contributed by atoms with van der Waals surface area (Å²) in [6.07, 6.45) is 12.3. The molecule has 1 N–H and O–H groups in total. The highest BCUT2D eigenvalue weighted by Gasteiger charge is 2.44. The quantitative estimate of drug-likeness (QED) is 0.0731. The third-order valence-corrected chi connectivity index (χ3v) is 12.8. The van der Waals surface area contributed by atoms with Gasteiger partial charge in [-0.1, -0.05) is 36.3 Å². The molecule has 2 saturated carbocycles. The Morgan fingerprint density at radius 1 is 0.803 bits per heavy atom. The van der Waals surface area contributed by atoms with Crippen molar-refractivity contribution in [2.24, 2.45) is 5.92 Å². The maximum absolute atomic E-state index is 13.8. The number of halogens is 2. The maximum Gasteiger partial charge on any atom is 0.248 e. The molecule has 3 atom stereocenters. The molecule has 4 fully saturated rings. The van der Waals surface area contributed by atoms with Crippen molar-refractivity contribution < 1.29 is 42.0 Å². The van der Waals surface area contributed by atoms with Crippen LogP contribution in [0.1, 0.15) is 106 Å². The van der Waals surface area contributed by atoms with Crippen LogP contribution in [-0.4, -0.2) is 116 Å². The first-order chi connectivity index (χ1) is 29.8. The van der Waals surface area contributed by atoms with Gasteiger partial charge in [0.05, 0.1) is 52.3 Å². The Morgan fingerprint density at radius 2 is 1.41 bits per heavy atom. The lowest BCUT2D eigenvalue weighted by atomic mass is 9.81. The van der Waals surface area contributed by atoms with Crippen LogP contribution in [0.15, 0.2) is 54.6 Å². The van der Waals surface area contributed by atoms with Crippen LogP contribution in [0.2, 0.25) is 0 Å². The number of hydrogen-bond acceptors (Lipinski definition) is 10. The molecule has 14 heteroatoms. The number of carbonyl (C=O) groups excluding carboxylic acids is 1. The van der Waals surface area contributed by atoms with Gasteiger partial charge in [-0.2, -0.15) is 0 Å². The van der Waals surface area contributed by atoms with Crippen molar-refractivity contribution in [3.8, 4) is 23.8 Å². The molecule has 0 spiro atoms. The number of alkyl halides is 2. The number of terminal acetylenes is 1. The lowest BCUT2D eigenvalue weighted by Crippen LogP contribution is -2.46. The first-order valence-corrected chi connectivity index (χ1v) is 22.3. The number of aryl methyl sites for hydroxylation is 1. The van der Waals surface area contributed by atoms with E-state index >= 15 is 0 Å². The summed E-state index contributed by atoms with van der Waals surface area (Å²) in [4.78, 5) is 16.0. The third kappa shape index (κ3) is 12.7. The Bertz CT molecular complexity index is 1810. The number of fused-ring (bicyclic) bond motifs is 2. The highest BCUT2D eigenvalue weighted by Crippen LogP contribution is 2.45. The van der Waals surface area contributed by atoms with Crippen LogP contribution in [0.5, 0.6) is 11.5 Å². The molecule has 1 aromatic heterocycles. The minimum absolute atomic E-state index is 0.0938. The molecule has 2 aliphatic heterocycles. The zero-order valence-electron chi connectivity index (χ0n) is 35.6. The number of rotatable bonds is 24. The molecule has 12 nitrogen and oxygen atoms in total. The Hall–Kier alpha value is -4.13. The molecule has 332 valence electrons. The highest BCUT2D eigenvalue weighted by atomic mass is 19.3. The smallest absolute Gasteiger partial charge is 0.248 e. The number of ether oxygens (including phenoxy) is 6. The minimum Gasteiger partial charge on any atom is -0.491 e. The van der Waals surface area contributed by atoms with E-state index in [1.807, 2.05) is 42.5 Å². The van der Waals surface area contributed by atoms with Gasteiger partial charge in [-0.15, -0.1) is 16.6 Å². The Kier molecular flexibility index (Phi) is 16.4. The SMILES string of the molecule is C#CCOCCOCCOCCOCCOc1ccc(OC2CC(c3nnc(C)n3C3CC4CCC(C3)N4CC[C@H](NC(=O)C3CCC(F)(F)CC3)c3ccccc3)C2)cc1. The van der Waals surface area contributed by atoms with E-state index in [-0.39, 0.29) is 49.7 Å². The zero-order valence-corrected chi connectivity index (χ0v) is 35.6. The van der Waals surface area contributed by atoms with E-state index < -0.39 is 5.92 Å². The van der Waals surface area contributed by atoms with E-state index in [0.717, 1.165) is 80.2 Å². The van der Waals surface area contributed by atoms with Gasteiger partial charge in [0.2, 0.25) is 11.8 Å². The van der Waals surface area contributed by atoms with E-state index in [4.69, 9.17) is 39.9 Å². The van der Waals surface area contributed by atoms with E-state index in [0.29, 0.717) is 83.5 Å². The number of benzene rings is 2. The number of carbonyl (C=O) groups is 1. The number of nitrogens with zero attached hydrogens (tertiary/aromatic N) is 4. The molecule has 3 heterocycles. The molecule has 3 aromatic rings. The fraction of sp³-hybridized carbons (Fsp3) is 0.638. The van der Waals surface area contributed by atoms with Crippen LogP contribution in [0.4, 0.5) is 8.78 Å². The van der Waals surface area contributed by atoms with Crippen molar-refractivity contribution in [3.05, 3.63) is 71.8 Å². The molecular formula is C47H63F2N5O7. The standard InChI is InChI=1S/C47H63F2N5O7/c1-3-21-56-22-23-57-24-25-58-26-27-59-28-29-60-41-11-13-42(14-12-41)61-43-30-37(31-43)45-52-51-34(2)54(45)40-32-38-9-10-39(33-40)53(38)20-17-44(35-7-5-4-6-8-35)50-46(55)36-15-18-47(48,49)19-16-36/h1,4-8,11-14,36-40,43-44H,9-10,15-33H2,2H3,(H,50,55)/t37?,38?,39?,40?,43?,44-/m0/s1. The fourth-order valence-corrected chi connectivity index (χ4v) is 9.50. The molecule has 2 aliphatic carbocycles. The summed E-state index contributed by atoms with van der Waals surface area (Å²) >= 11 is 0. The zero-order chi connectivity index (χ0) is 42.4. The molecule has 4 aliphatic rings. The minimum atomic E-state index is -2.65. The van der Waals surface area contributed by atoms with Gasteiger partial charge in [-0.05, 0) is 94.5 Å². The van der Waals surface area contributed by atoms with Gasteiger partial charge in [0, 0.05) is 49.3 Å². The van der Waals surface area contributed by atoms with E-state index in [9.17, 15) is 13.6 Å². The predicted octanol–water partition coefficient (Wildman–Crippen LogP) is 7.23. The Labute approximate surface area is 359 Å². The second kappa shape index (κ2) is 22.3. The number of piperidine rings is 1. The lowest BCUT2D eigenvalue weighted by molar-refractivity contribution is -0.130. The van der Waals surface area contributed by atoms with Gasteiger partial charge in [0.15, 0.2) is 0 Å². The van der Waals surface area contributed by atoms with Crippen molar-refractivity contribution in [1.29, 1.82) is 0 Å². The Morgan fingerprint density at radius 3 is 2.05 bits per heavy atom. The Balaban J connectivity index is 0.811. The molecular weight excluding hydrogens is 785 g/mol. The van der Waals surface area contributed by atoms with Gasteiger partial charge in [-0.3, -0.25) is 9.69 Å². The third-order valence-electron chi connectivity index (χ3n) is 12.8. The topological polar surface area (TPSA) is 118 Å². The largest absolute Gasteiger partial charge is 0.491 e. The normalized spacial score (nSPS) is 24.1. The van der Waals surface area contributed by atoms with Crippen molar-refractivity contribution in [3.63, 3.8) is 0 Å². The first-order valence-electron chi connectivity index (χ1n) is 22.3. The average molecular weight is 848 g/mol. The summed E-state index contributed by atoms with van der Waals surface area (Å²) in [6, 6.07) is 18.9. The van der Waals surface area contributed by atoms with Crippen LogP contribution >= 0.6 is 0 Å². The van der Waals surface area contributed by atoms with E-state index in [1.165, 1.54) is 0 Å². The molecule has 2 unspecified atom stereocenters. The number of aromatic nitrogens is 3. The summed E-state index contributed by atoms with van der Waals surface area (Å²) in [6.45, 7) is 7.09. The number of nitrogens with one attached hydrogen (secondary N) is 1. The summed E-state index contributed by atoms with van der Waals surface area (Å²) in [5.74, 6) is 3.25. The van der Waals surface area contributed by atoms with Gasteiger partial charge in [0.25, 0.3) is 0 Å². The van der Waals surface area contributed by atoms with E-state index in [2.05, 4.69) is 44.9 Å². The summed E-state index contributed by atoms with van der Waals surface area (Å²) in [5, 5.41) is 12.6. The molecule has 2 saturated heterocycles. The molecule has 1 amide bonds. The van der Waals surface area contributed by atoms with Crippen LogP contribution in [0.3, 0.4) is 0 Å². The molecule has 7 rings (SSSR count). The van der Waals surface area contributed by atoms with Gasteiger partial charge in [0.1, 0.15) is 42.5 Å². The van der Waals surface area contributed by atoms with Crippen molar-refractivity contribution >= 4 is 5.91 Å². The second-order valence-corrected chi connectivity index (χ2v) is 16.9. The molecule has 0 radical (unpaired) electrons. The van der Waals surface area contributed by atoms with Gasteiger partial charge >= 0.3 is 0 Å². The van der Waals surface area contributed by atoms with Gasteiger partial charge in [-0.25, -0.2) is 8.78 Å². The van der Waals surface area contributed by atoms with Gasteiger partial charge < -0.3 is 38.3 Å². The summed E-state index contributed by atoms with van der Waals surface area (Å²) in [7, 11) is 0. The van der Waals surface area contributed by atoms with Crippen LogP contribution in [0.25, 0.3) is 0 Å². The van der Waals surface area contributed by atoms with Crippen molar-refractivity contribution in [1.82, 2.24) is 25.0 Å². The molecule has 61 heavy (non-hydrogen) atoms. The van der Waals surface area contributed by atoms with Crippen LogP contribution in [-0.2, 0) is 23.7 Å². The monoisotopic (exact) mass is 847 g/mol.